The number of hydrogen-bond acceptors (Lipinski definition) is 4. The molecule has 11 heteroatoms. The van der Waals surface area contributed by atoms with Gasteiger partial charge < -0.3 is 0 Å². The molecule has 1 aromatic rings. The standard InChI is InChI=1S/C9H8ClF3N2O4S/c10-7-2-1-6(15(16)17)5-8(7)20(18,19)14-4-3-9(11,12)13/h1-2,5,14H,3-4H2. The predicted molar refractivity (Wildman–Crippen MR) is 64.0 cm³/mol. The molecule has 0 aliphatic carbocycles. The van der Waals surface area contributed by atoms with Gasteiger partial charge in [-0.25, -0.2) is 13.1 Å². The third-order valence-electron chi connectivity index (χ3n) is 2.12. The Morgan fingerprint density at radius 1 is 1.35 bits per heavy atom. The van der Waals surface area contributed by atoms with Gasteiger partial charge in [0.2, 0.25) is 10.0 Å². The van der Waals surface area contributed by atoms with Gasteiger partial charge in [0, 0.05) is 18.7 Å². The van der Waals surface area contributed by atoms with Gasteiger partial charge in [-0.2, -0.15) is 13.2 Å². The van der Waals surface area contributed by atoms with E-state index < -0.39 is 44.7 Å². The molecule has 6 nitrogen and oxygen atoms in total. The van der Waals surface area contributed by atoms with E-state index in [0.29, 0.717) is 6.07 Å². The molecule has 0 radical (unpaired) electrons. The zero-order chi connectivity index (χ0) is 15.6. The largest absolute Gasteiger partial charge is 0.390 e. The van der Waals surface area contributed by atoms with E-state index in [-0.39, 0.29) is 5.02 Å². The molecule has 112 valence electrons. The summed E-state index contributed by atoms with van der Waals surface area (Å²) in [5.41, 5.74) is -0.536. The Labute approximate surface area is 116 Å². The van der Waals surface area contributed by atoms with Crippen LogP contribution in [-0.4, -0.2) is 26.1 Å². The van der Waals surface area contributed by atoms with Crippen LogP contribution in [-0.2, 0) is 10.0 Å². The van der Waals surface area contributed by atoms with Crippen molar-refractivity contribution in [1.29, 1.82) is 0 Å². The Kier molecular flexibility index (Phi) is 4.95. The van der Waals surface area contributed by atoms with E-state index in [1.165, 1.54) is 0 Å². The first-order valence-corrected chi connectivity index (χ1v) is 6.89. The Bertz CT molecular complexity index is 618. The summed E-state index contributed by atoms with van der Waals surface area (Å²) >= 11 is 5.59. The molecule has 0 unspecified atom stereocenters. The third-order valence-corrected chi connectivity index (χ3v) is 4.06. The van der Waals surface area contributed by atoms with Crippen molar-refractivity contribution in [3.8, 4) is 0 Å². The van der Waals surface area contributed by atoms with Gasteiger partial charge in [-0.1, -0.05) is 11.6 Å². The Balaban J connectivity index is 2.97. The van der Waals surface area contributed by atoms with E-state index in [1.807, 2.05) is 0 Å². The number of rotatable bonds is 5. The van der Waals surface area contributed by atoms with Crippen LogP contribution in [0.3, 0.4) is 0 Å². The normalized spacial score (nSPS) is 12.4. The summed E-state index contributed by atoms with van der Waals surface area (Å²) in [6.07, 6.45) is -5.88. The molecule has 0 aliphatic rings. The average Bonchev–Trinajstić information content (AvgIpc) is 2.26. The van der Waals surface area contributed by atoms with Crippen molar-refractivity contribution in [2.45, 2.75) is 17.5 Å². The van der Waals surface area contributed by atoms with E-state index in [1.54, 1.807) is 4.72 Å². The molecule has 0 aromatic heterocycles. The summed E-state index contributed by atoms with van der Waals surface area (Å²) in [6.45, 7) is -0.884. The summed E-state index contributed by atoms with van der Waals surface area (Å²) in [5, 5.41) is 10.2. The first-order valence-electron chi connectivity index (χ1n) is 5.03. The summed E-state index contributed by atoms with van der Waals surface area (Å²) < 4.78 is 60.9. The van der Waals surface area contributed by atoms with Gasteiger partial charge in [-0.15, -0.1) is 0 Å². The minimum absolute atomic E-state index is 0.324. The maximum Gasteiger partial charge on any atom is 0.390 e. The minimum atomic E-state index is -4.52. The van der Waals surface area contributed by atoms with Gasteiger partial charge in [-0.3, -0.25) is 10.1 Å². The molecular weight excluding hydrogens is 325 g/mol. The lowest BCUT2D eigenvalue weighted by Gasteiger charge is -2.09. The fraction of sp³-hybridized carbons (Fsp3) is 0.333. The predicted octanol–water partition coefficient (Wildman–Crippen LogP) is 2.48. The van der Waals surface area contributed by atoms with Crippen LogP contribution in [0.25, 0.3) is 0 Å². The first-order chi connectivity index (χ1) is 9.03. The van der Waals surface area contributed by atoms with E-state index in [9.17, 15) is 31.7 Å². The van der Waals surface area contributed by atoms with Crippen LogP contribution in [0.1, 0.15) is 6.42 Å². The summed E-state index contributed by atoms with van der Waals surface area (Å²) in [7, 11) is -4.36. The van der Waals surface area contributed by atoms with Crippen molar-refractivity contribution in [3.63, 3.8) is 0 Å². The van der Waals surface area contributed by atoms with Crippen molar-refractivity contribution in [2.24, 2.45) is 0 Å². The zero-order valence-corrected chi connectivity index (χ0v) is 11.2. The lowest BCUT2D eigenvalue weighted by Crippen LogP contribution is -2.28. The van der Waals surface area contributed by atoms with E-state index in [0.717, 1.165) is 12.1 Å². The van der Waals surface area contributed by atoms with Crippen LogP contribution in [0.5, 0.6) is 0 Å². The maximum absolute atomic E-state index is 11.9. The number of hydrogen-bond donors (Lipinski definition) is 1. The van der Waals surface area contributed by atoms with E-state index in [4.69, 9.17) is 11.6 Å². The number of nitrogens with one attached hydrogen (secondary N) is 1. The molecule has 1 rings (SSSR count). The molecule has 0 heterocycles. The van der Waals surface area contributed by atoms with Crippen molar-refractivity contribution in [2.75, 3.05) is 6.54 Å². The Morgan fingerprint density at radius 3 is 2.45 bits per heavy atom. The lowest BCUT2D eigenvalue weighted by molar-refractivity contribution is -0.385. The monoisotopic (exact) mass is 332 g/mol. The topological polar surface area (TPSA) is 89.3 Å². The molecule has 0 fully saturated rings. The molecule has 20 heavy (non-hydrogen) atoms. The number of halogens is 4. The Hall–Kier alpha value is -1.39. The zero-order valence-electron chi connectivity index (χ0n) is 9.65. The number of nitro benzene ring substituents is 1. The second-order valence-electron chi connectivity index (χ2n) is 3.63. The van der Waals surface area contributed by atoms with Gasteiger partial charge in [0.05, 0.1) is 16.4 Å². The Morgan fingerprint density at radius 2 is 1.95 bits per heavy atom. The lowest BCUT2D eigenvalue weighted by atomic mass is 10.3. The van der Waals surface area contributed by atoms with Gasteiger partial charge in [0.25, 0.3) is 5.69 Å². The molecular formula is C9H8ClF3N2O4S. The third kappa shape index (κ3) is 4.62. The highest BCUT2D eigenvalue weighted by molar-refractivity contribution is 7.89. The highest BCUT2D eigenvalue weighted by Gasteiger charge is 2.28. The van der Waals surface area contributed by atoms with Crippen molar-refractivity contribution in [1.82, 2.24) is 4.72 Å². The highest BCUT2D eigenvalue weighted by atomic mass is 35.5. The van der Waals surface area contributed by atoms with Crippen LogP contribution < -0.4 is 4.72 Å². The number of nitrogens with zero attached hydrogens (tertiary/aromatic N) is 1. The van der Waals surface area contributed by atoms with Crippen molar-refractivity contribution < 1.29 is 26.5 Å². The average molecular weight is 333 g/mol. The number of nitro groups is 1. The molecule has 0 atom stereocenters. The highest BCUT2D eigenvalue weighted by Crippen LogP contribution is 2.26. The van der Waals surface area contributed by atoms with E-state index >= 15 is 0 Å². The van der Waals surface area contributed by atoms with Crippen molar-refractivity contribution in [3.05, 3.63) is 33.3 Å². The SMILES string of the molecule is O=[N+]([O-])c1ccc(Cl)c(S(=O)(=O)NCCC(F)(F)F)c1. The minimum Gasteiger partial charge on any atom is -0.258 e. The molecule has 0 bridgehead atoms. The van der Waals surface area contributed by atoms with Gasteiger partial charge in [0.1, 0.15) is 4.90 Å². The van der Waals surface area contributed by atoms with E-state index in [2.05, 4.69) is 0 Å². The van der Waals surface area contributed by atoms with Gasteiger partial charge in [0.15, 0.2) is 0 Å². The van der Waals surface area contributed by atoms with Crippen LogP contribution >= 0.6 is 11.6 Å². The van der Waals surface area contributed by atoms with Crippen LogP contribution in [0, 0.1) is 10.1 Å². The fourth-order valence-corrected chi connectivity index (χ4v) is 2.77. The summed E-state index contributed by atoms with van der Waals surface area (Å²) in [5.74, 6) is 0. The van der Waals surface area contributed by atoms with Gasteiger partial charge in [-0.05, 0) is 6.07 Å². The van der Waals surface area contributed by atoms with Crippen LogP contribution in [0.15, 0.2) is 23.1 Å². The molecule has 0 amide bonds. The summed E-state index contributed by atoms with van der Waals surface area (Å²) in [4.78, 5) is 9.05. The first kappa shape index (κ1) is 16.7. The molecule has 0 saturated heterocycles. The second-order valence-corrected chi connectivity index (χ2v) is 5.78. The quantitative estimate of drug-likeness (QED) is 0.662. The number of benzene rings is 1. The number of sulfonamides is 1. The van der Waals surface area contributed by atoms with Crippen LogP contribution in [0.2, 0.25) is 5.02 Å². The van der Waals surface area contributed by atoms with Crippen LogP contribution in [0.4, 0.5) is 18.9 Å². The smallest absolute Gasteiger partial charge is 0.258 e. The number of non-ortho nitro benzene ring substituents is 1. The number of alkyl halides is 3. The second kappa shape index (κ2) is 5.94. The molecule has 0 saturated carbocycles. The molecule has 1 aromatic carbocycles. The molecule has 1 N–H and O–H groups in total. The maximum atomic E-state index is 11.9. The fourth-order valence-electron chi connectivity index (χ4n) is 1.22. The summed E-state index contributed by atoms with van der Waals surface area (Å²) in [6, 6.07) is 2.65. The molecule has 0 aliphatic heterocycles. The van der Waals surface area contributed by atoms with Crippen molar-refractivity contribution >= 4 is 27.3 Å². The molecule has 0 spiro atoms. The van der Waals surface area contributed by atoms with Gasteiger partial charge >= 0.3 is 6.18 Å².